The Hall–Kier alpha value is -7.10. The topological polar surface area (TPSA) is 169 Å². The number of fused-ring (bicyclic) bond motifs is 11. The summed E-state index contributed by atoms with van der Waals surface area (Å²) in [6.07, 6.45) is 0. The van der Waals surface area contributed by atoms with Crippen LogP contribution in [-0.4, -0.2) is 10.2 Å². The van der Waals surface area contributed by atoms with Crippen molar-refractivity contribution in [3.63, 3.8) is 0 Å². The summed E-state index contributed by atoms with van der Waals surface area (Å²) >= 11 is 0. The zero-order chi connectivity index (χ0) is 29.1. The second-order valence-electron chi connectivity index (χ2n) is 9.60. The van der Waals surface area contributed by atoms with Crippen LogP contribution in [0.25, 0.3) is 55.1 Å². The molecule has 0 saturated carbocycles. The Morgan fingerprint density at radius 2 is 0.929 bits per heavy atom. The SMILES string of the molecule is N#CC(C#N)=C1c2c(nnc3c2-c2cc(C#N)c4ccccc4c2C3=C(C#N)C#N)-c2cc(C#N)c3ccccc3c21. The van der Waals surface area contributed by atoms with Gasteiger partial charge in [0.1, 0.15) is 46.8 Å². The van der Waals surface area contributed by atoms with Gasteiger partial charge in [-0.2, -0.15) is 31.6 Å². The zero-order valence-corrected chi connectivity index (χ0v) is 21.4. The fraction of sp³-hybridized carbons (Fsp3) is 0. The maximum Gasteiger partial charge on any atom is 0.139 e. The maximum absolute atomic E-state index is 10.1. The molecule has 0 bridgehead atoms. The van der Waals surface area contributed by atoms with Crippen LogP contribution in [0.3, 0.4) is 0 Å². The number of nitrogens with zero attached hydrogens (tertiary/aromatic N) is 8. The number of allylic oxidation sites excluding steroid dienone is 2. The first kappa shape index (κ1) is 24.0. The summed E-state index contributed by atoms with van der Waals surface area (Å²) in [5, 5.41) is 72.0. The Bertz CT molecular complexity index is 2440. The number of hydrogen-bond acceptors (Lipinski definition) is 8. The molecule has 0 amide bonds. The van der Waals surface area contributed by atoms with Crippen LogP contribution in [0.15, 0.2) is 71.8 Å². The van der Waals surface area contributed by atoms with Gasteiger partial charge < -0.3 is 0 Å². The van der Waals surface area contributed by atoms with Crippen molar-refractivity contribution in [3.05, 3.63) is 105 Å². The summed E-state index contributed by atoms with van der Waals surface area (Å²) in [4.78, 5) is 0. The first-order chi connectivity index (χ1) is 20.6. The monoisotopic (exact) mass is 530 g/mol. The molecule has 0 fully saturated rings. The van der Waals surface area contributed by atoms with Crippen molar-refractivity contribution in [1.82, 2.24) is 10.2 Å². The van der Waals surface area contributed by atoms with Crippen LogP contribution in [0, 0.1) is 68.0 Å². The Morgan fingerprint density at radius 3 is 1.45 bits per heavy atom. The fourth-order valence-electron chi connectivity index (χ4n) is 6.17. The van der Waals surface area contributed by atoms with Gasteiger partial charge in [-0.05, 0) is 28.5 Å². The summed E-state index contributed by atoms with van der Waals surface area (Å²) in [6, 6.07) is 30.3. The van der Waals surface area contributed by atoms with Gasteiger partial charge in [0.25, 0.3) is 0 Å². The van der Waals surface area contributed by atoms with Gasteiger partial charge in [0, 0.05) is 49.7 Å². The van der Waals surface area contributed by atoms with Crippen molar-refractivity contribution >= 4 is 32.7 Å². The van der Waals surface area contributed by atoms with Gasteiger partial charge in [0.2, 0.25) is 0 Å². The largest absolute Gasteiger partial charge is 0.192 e. The number of aromatic nitrogens is 2. The fourth-order valence-corrected chi connectivity index (χ4v) is 6.17. The average molecular weight is 531 g/mol. The molecule has 8 heteroatoms. The lowest BCUT2D eigenvalue weighted by molar-refractivity contribution is 1.02. The van der Waals surface area contributed by atoms with E-state index in [1.54, 1.807) is 42.5 Å². The van der Waals surface area contributed by atoms with E-state index in [9.17, 15) is 31.6 Å². The van der Waals surface area contributed by atoms with Crippen LogP contribution in [0.1, 0.15) is 33.5 Å². The molecule has 186 valence electrons. The average Bonchev–Trinajstić information content (AvgIpc) is 3.55. The summed E-state index contributed by atoms with van der Waals surface area (Å²) in [6.45, 7) is 0. The van der Waals surface area contributed by atoms with Crippen LogP contribution in [0.5, 0.6) is 0 Å². The van der Waals surface area contributed by atoms with Crippen molar-refractivity contribution in [2.24, 2.45) is 0 Å². The summed E-state index contributed by atoms with van der Waals surface area (Å²) in [5.74, 6) is 0. The molecule has 0 spiro atoms. The second kappa shape index (κ2) is 8.71. The van der Waals surface area contributed by atoms with E-state index in [2.05, 4.69) is 22.3 Å². The first-order valence-corrected chi connectivity index (χ1v) is 12.5. The highest BCUT2D eigenvalue weighted by molar-refractivity contribution is 6.21. The van der Waals surface area contributed by atoms with E-state index < -0.39 is 0 Å². The molecule has 42 heavy (non-hydrogen) atoms. The highest BCUT2D eigenvalue weighted by Gasteiger charge is 2.40. The van der Waals surface area contributed by atoms with E-state index >= 15 is 0 Å². The summed E-state index contributed by atoms with van der Waals surface area (Å²) in [5.41, 5.74) is 4.71. The van der Waals surface area contributed by atoms with Crippen LogP contribution in [-0.2, 0) is 0 Å². The molecule has 1 aromatic heterocycles. The summed E-state index contributed by atoms with van der Waals surface area (Å²) in [7, 11) is 0. The van der Waals surface area contributed by atoms with Crippen molar-refractivity contribution < 1.29 is 0 Å². The highest BCUT2D eigenvalue weighted by atomic mass is 15.1. The minimum atomic E-state index is -0.182. The molecule has 2 aliphatic rings. The van der Waals surface area contributed by atoms with E-state index in [-0.39, 0.29) is 22.4 Å². The molecule has 1 heterocycles. The minimum Gasteiger partial charge on any atom is -0.192 e. The Labute approximate surface area is 238 Å². The van der Waals surface area contributed by atoms with Gasteiger partial charge in [-0.15, -0.1) is 10.2 Å². The van der Waals surface area contributed by atoms with Crippen molar-refractivity contribution in [1.29, 1.82) is 31.6 Å². The van der Waals surface area contributed by atoms with Gasteiger partial charge in [-0.3, -0.25) is 0 Å². The third kappa shape index (κ3) is 2.88. The molecule has 5 aromatic rings. The second-order valence-corrected chi connectivity index (χ2v) is 9.60. The molecule has 0 unspecified atom stereocenters. The molecule has 0 radical (unpaired) electrons. The van der Waals surface area contributed by atoms with Gasteiger partial charge >= 0.3 is 0 Å². The molecule has 0 aliphatic heterocycles. The third-order valence-corrected chi connectivity index (χ3v) is 7.76. The van der Waals surface area contributed by atoms with E-state index in [1.165, 1.54) is 0 Å². The van der Waals surface area contributed by atoms with Crippen LogP contribution in [0.2, 0.25) is 0 Å². The molecule has 7 rings (SSSR count). The van der Waals surface area contributed by atoms with E-state index in [0.29, 0.717) is 77.3 Å². The molecule has 0 N–H and O–H groups in total. The lowest BCUT2D eigenvalue weighted by atomic mass is 9.89. The molecular formula is C34H10N8. The number of benzene rings is 4. The molecule has 0 atom stereocenters. The molecule has 8 nitrogen and oxygen atoms in total. The van der Waals surface area contributed by atoms with E-state index in [1.807, 2.05) is 42.5 Å². The number of nitriles is 6. The Kier molecular flexibility index (Phi) is 4.97. The third-order valence-electron chi connectivity index (χ3n) is 7.76. The highest BCUT2D eigenvalue weighted by Crippen LogP contribution is 2.57. The minimum absolute atomic E-state index is 0.166. The van der Waals surface area contributed by atoms with Gasteiger partial charge in [0.05, 0.1) is 23.3 Å². The first-order valence-electron chi connectivity index (χ1n) is 12.5. The number of rotatable bonds is 0. The maximum atomic E-state index is 10.1. The Morgan fingerprint density at radius 1 is 0.476 bits per heavy atom. The van der Waals surface area contributed by atoms with Crippen LogP contribution in [0.4, 0.5) is 0 Å². The van der Waals surface area contributed by atoms with Crippen molar-refractivity contribution in [2.45, 2.75) is 0 Å². The molecular weight excluding hydrogens is 520 g/mol. The van der Waals surface area contributed by atoms with Crippen LogP contribution < -0.4 is 0 Å². The predicted octanol–water partition coefficient (Wildman–Crippen LogP) is 6.19. The molecule has 0 saturated heterocycles. The lowest BCUT2D eigenvalue weighted by Gasteiger charge is -2.12. The van der Waals surface area contributed by atoms with Gasteiger partial charge in [-0.1, -0.05) is 48.5 Å². The van der Waals surface area contributed by atoms with E-state index in [0.717, 1.165) is 0 Å². The van der Waals surface area contributed by atoms with Crippen LogP contribution >= 0.6 is 0 Å². The van der Waals surface area contributed by atoms with Crippen molar-refractivity contribution in [3.8, 4) is 58.8 Å². The standard InChI is InChI=1S/C34H10N8/c35-11-17-9-25-29(23-7-3-1-5-21(17)23)28(20(15-39)16-40)34-31(25)32-27(19(13-37)14-38)30-24-8-4-2-6-22(24)18(12-36)10-26(30)33(32)41-42-34/h1-10H. The molecule has 4 aromatic carbocycles. The predicted molar refractivity (Wildman–Crippen MR) is 152 cm³/mol. The van der Waals surface area contributed by atoms with Gasteiger partial charge in [0.15, 0.2) is 0 Å². The number of hydrogen-bond donors (Lipinski definition) is 0. The van der Waals surface area contributed by atoms with E-state index in [4.69, 9.17) is 0 Å². The lowest BCUT2D eigenvalue weighted by Crippen LogP contribution is -1.99. The molecule has 2 aliphatic carbocycles. The smallest absolute Gasteiger partial charge is 0.139 e. The quantitative estimate of drug-likeness (QED) is 0.209. The van der Waals surface area contributed by atoms with Crippen molar-refractivity contribution in [2.75, 3.05) is 0 Å². The zero-order valence-electron chi connectivity index (χ0n) is 21.4. The summed E-state index contributed by atoms with van der Waals surface area (Å²) < 4.78 is 0. The van der Waals surface area contributed by atoms with Gasteiger partial charge in [-0.25, -0.2) is 0 Å². The normalized spacial score (nSPS) is 11.6. The Balaban J connectivity index is 1.76.